The Morgan fingerprint density at radius 1 is 1.50 bits per heavy atom. The van der Waals surface area contributed by atoms with Gasteiger partial charge in [-0.2, -0.15) is 0 Å². The Morgan fingerprint density at radius 3 is 2.38 bits per heavy atom. The molecule has 0 heterocycles. The number of guanidine groups is 1. The Morgan fingerprint density at radius 2 is 2.00 bits per heavy atom. The molecule has 0 aromatic heterocycles. The third-order valence-electron chi connectivity index (χ3n) is 1.82. The van der Waals surface area contributed by atoms with E-state index in [4.69, 9.17) is 21.8 Å². The highest BCUT2D eigenvalue weighted by Crippen LogP contribution is 1.96. The van der Waals surface area contributed by atoms with Crippen LogP contribution < -0.4 is 11.5 Å². The molecule has 9 heteroatoms. The van der Waals surface area contributed by atoms with Crippen LogP contribution >= 0.6 is 24.8 Å². The Balaban J connectivity index is -0.000000845. The summed E-state index contributed by atoms with van der Waals surface area (Å²) in [7, 11) is 1.64. The molecule has 0 aromatic carbocycles. The van der Waals surface area contributed by atoms with Crippen LogP contribution in [0.1, 0.15) is 12.8 Å². The smallest absolute Gasteiger partial charge is 0.320 e. The topological polar surface area (TPSA) is 125 Å². The average molecular weight is 277 g/mol. The van der Waals surface area contributed by atoms with Gasteiger partial charge in [0.1, 0.15) is 6.04 Å². The molecule has 0 aliphatic rings. The number of carboxylic acid groups (broad SMARTS) is 1. The van der Waals surface area contributed by atoms with Gasteiger partial charge in [-0.3, -0.25) is 4.79 Å². The summed E-state index contributed by atoms with van der Waals surface area (Å²) in [5.41, 5.74) is 10.6. The van der Waals surface area contributed by atoms with E-state index in [9.17, 15) is 4.79 Å². The fourth-order valence-corrected chi connectivity index (χ4v) is 0.863. The molecule has 0 aromatic rings. The van der Waals surface area contributed by atoms with E-state index >= 15 is 0 Å². The largest absolute Gasteiger partial charge is 0.480 e. The number of nitrogens with zero attached hydrogens (tertiary/aromatic N) is 2. The second-order valence-corrected chi connectivity index (χ2v) is 2.97. The van der Waals surface area contributed by atoms with Gasteiger partial charge >= 0.3 is 5.97 Å². The summed E-state index contributed by atoms with van der Waals surface area (Å²) in [6.07, 6.45) is 0.929. The van der Waals surface area contributed by atoms with Gasteiger partial charge in [0.15, 0.2) is 0 Å². The number of hydrogen-bond donors (Lipinski definition) is 4. The maximum Gasteiger partial charge on any atom is 0.320 e. The molecule has 0 aliphatic heterocycles. The van der Waals surface area contributed by atoms with Gasteiger partial charge < -0.3 is 26.7 Å². The molecule has 7 nitrogen and oxygen atoms in total. The first-order valence-corrected chi connectivity index (χ1v) is 4.16. The van der Waals surface area contributed by atoms with Crippen molar-refractivity contribution in [2.45, 2.75) is 18.9 Å². The Kier molecular flexibility index (Phi) is 13.6. The Labute approximate surface area is 106 Å². The SMILES string of the molecule is CN(CCC[C@H](N)C(=O)O)/C(N)=N/O.Cl.Cl. The minimum Gasteiger partial charge on any atom is -0.480 e. The van der Waals surface area contributed by atoms with E-state index in [0.29, 0.717) is 19.4 Å². The van der Waals surface area contributed by atoms with Gasteiger partial charge in [-0.1, -0.05) is 5.16 Å². The van der Waals surface area contributed by atoms with Gasteiger partial charge in [0.05, 0.1) is 0 Å². The second kappa shape index (κ2) is 10.6. The van der Waals surface area contributed by atoms with Crippen molar-refractivity contribution in [3.05, 3.63) is 0 Å². The number of halogens is 2. The standard InChI is InChI=1S/C7H16N4O3.2ClH/c1-11(7(9)10-14)4-2-3-5(8)6(12)13;;/h5,14H,2-4,8H2,1H3,(H2,9,10)(H,12,13);2*1H/t5-;;/m0../s1. The minimum absolute atomic E-state index is 0. The van der Waals surface area contributed by atoms with Crippen molar-refractivity contribution in [3.8, 4) is 0 Å². The third kappa shape index (κ3) is 8.39. The van der Waals surface area contributed by atoms with Crippen LogP contribution in [-0.4, -0.2) is 46.8 Å². The van der Waals surface area contributed by atoms with Crippen LogP contribution in [0.25, 0.3) is 0 Å². The van der Waals surface area contributed by atoms with Gasteiger partial charge in [-0.15, -0.1) is 24.8 Å². The molecule has 0 radical (unpaired) electrons. The summed E-state index contributed by atoms with van der Waals surface area (Å²) in [6.45, 7) is 0.497. The number of carboxylic acids is 1. The number of carbonyl (C=O) groups is 1. The molecule has 16 heavy (non-hydrogen) atoms. The highest BCUT2D eigenvalue weighted by Gasteiger charge is 2.11. The van der Waals surface area contributed by atoms with E-state index < -0.39 is 12.0 Å². The van der Waals surface area contributed by atoms with E-state index in [1.165, 1.54) is 4.90 Å². The van der Waals surface area contributed by atoms with Crippen LogP contribution in [-0.2, 0) is 4.79 Å². The van der Waals surface area contributed by atoms with Crippen LogP contribution in [0.3, 0.4) is 0 Å². The van der Waals surface area contributed by atoms with Gasteiger partial charge in [-0.25, -0.2) is 0 Å². The fraction of sp³-hybridized carbons (Fsp3) is 0.714. The maximum absolute atomic E-state index is 10.3. The predicted molar refractivity (Wildman–Crippen MR) is 65.4 cm³/mol. The summed E-state index contributed by atoms with van der Waals surface area (Å²) in [5, 5.41) is 19.6. The number of aliphatic carboxylic acids is 1. The summed E-state index contributed by atoms with van der Waals surface area (Å²) in [4.78, 5) is 11.8. The zero-order chi connectivity index (χ0) is 11.1. The first-order valence-electron chi connectivity index (χ1n) is 4.16. The lowest BCUT2D eigenvalue weighted by molar-refractivity contribution is -0.138. The summed E-state index contributed by atoms with van der Waals surface area (Å²) >= 11 is 0. The third-order valence-corrected chi connectivity index (χ3v) is 1.82. The van der Waals surface area contributed by atoms with E-state index in [-0.39, 0.29) is 30.8 Å². The van der Waals surface area contributed by atoms with Crippen molar-refractivity contribution in [2.75, 3.05) is 13.6 Å². The first kappa shape index (κ1) is 20.5. The van der Waals surface area contributed by atoms with Crippen molar-refractivity contribution in [1.82, 2.24) is 4.90 Å². The zero-order valence-electron chi connectivity index (χ0n) is 8.87. The van der Waals surface area contributed by atoms with Crippen molar-refractivity contribution in [3.63, 3.8) is 0 Å². The first-order chi connectivity index (χ1) is 6.49. The van der Waals surface area contributed by atoms with E-state index in [1.807, 2.05) is 0 Å². The minimum atomic E-state index is -1.02. The predicted octanol–water partition coefficient (Wildman–Crippen LogP) is -0.342. The van der Waals surface area contributed by atoms with Crippen molar-refractivity contribution >= 4 is 36.7 Å². The van der Waals surface area contributed by atoms with Crippen molar-refractivity contribution in [1.29, 1.82) is 0 Å². The highest BCUT2D eigenvalue weighted by molar-refractivity contribution is 5.85. The summed E-state index contributed by atoms with van der Waals surface area (Å²) in [5.74, 6) is -1.02. The summed E-state index contributed by atoms with van der Waals surface area (Å²) in [6, 6.07) is -0.851. The average Bonchev–Trinajstić information content (AvgIpc) is 2.15. The lowest BCUT2D eigenvalue weighted by Gasteiger charge is -2.16. The van der Waals surface area contributed by atoms with Crippen LogP contribution in [0.5, 0.6) is 0 Å². The molecule has 1 atom stereocenters. The zero-order valence-corrected chi connectivity index (χ0v) is 10.5. The molecule has 0 rings (SSSR count). The van der Waals surface area contributed by atoms with Crippen LogP contribution in [0.15, 0.2) is 5.16 Å². The van der Waals surface area contributed by atoms with E-state index in [1.54, 1.807) is 7.05 Å². The fourth-order valence-electron chi connectivity index (χ4n) is 0.863. The van der Waals surface area contributed by atoms with Crippen LogP contribution in [0.4, 0.5) is 0 Å². The second-order valence-electron chi connectivity index (χ2n) is 2.97. The Bertz CT molecular complexity index is 228. The molecular formula is C7H18Cl2N4O3. The quantitative estimate of drug-likeness (QED) is 0.236. The monoisotopic (exact) mass is 276 g/mol. The lowest BCUT2D eigenvalue weighted by atomic mass is 10.1. The number of rotatable bonds is 5. The highest BCUT2D eigenvalue weighted by atomic mass is 35.5. The number of oxime groups is 1. The molecule has 0 unspecified atom stereocenters. The molecule has 0 aliphatic carbocycles. The maximum atomic E-state index is 10.3. The molecule has 6 N–H and O–H groups in total. The van der Waals surface area contributed by atoms with Crippen LogP contribution in [0, 0.1) is 0 Å². The van der Waals surface area contributed by atoms with Gasteiger partial charge in [0.25, 0.3) is 0 Å². The molecular weight excluding hydrogens is 259 g/mol. The Hall–Kier alpha value is -0.920. The van der Waals surface area contributed by atoms with E-state index in [2.05, 4.69) is 5.16 Å². The molecule has 0 bridgehead atoms. The molecule has 0 spiro atoms. The van der Waals surface area contributed by atoms with Crippen LogP contribution in [0.2, 0.25) is 0 Å². The van der Waals surface area contributed by atoms with Gasteiger partial charge in [-0.05, 0) is 12.8 Å². The van der Waals surface area contributed by atoms with Crippen molar-refractivity contribution in [2.24, 2.45) is 16.6 Å². The number of hydrogen-bond acceptors (Lipinski definition) is 4. The molecule has 98 valence electrons. The molecule has 0 saturated carbocycles. The molecule has 0 saturated heterocycles. The van der Waals surface area contributed by atoms with Gasteiger partial charge in [0.2, 0.25) is 5.96 Å². The van der Waals surface area contributed by atoms with E-state index in [0.717, 1.165) is 0 Å². The normalized spacial score (nSPS) is 12.0. The molecule has 0 amide bonds. The number of nitrogens with two attached hydrogens (primary N) is 2. The van der Waals surface area contributed by atoms with Crippen molar-refractivity contribution < 1.29 is 15.1 Å². The lowest BCUT2D eigenvalue weighted by Crippen LogP contribution is -2.36. The van der Waals surface area contributed by atoms with Gasteiger partial charge in [0, 0.05) is 13.6 Å². The molecule has 0 fully saturated rings. The summed E-state index contributed by atoms with van der Waals surface area (Å²) < 4.78 is 0.